The van der Waals surface area contributed by atoms with Crippen LogP contribution < -0.4 is 0 Å². The summed E-state index contributed by atoms with van der Waals surface area (Å²) in [5.41, 5.74) is 1.88. The topological polar surface area (TPSA) is 63.4 Å². The molecule has 0 fully saturated rings. The zero-order chi connectivity index (χ0) is 15.7. The summed E-state index contributed by atoms with van der Waals surface area (Å²) in [6.45, 7) is 1.69. The highest BCUT2D eigenvalue weighted by Gasteiger charge is 2.18. The summed E-state index contributed by atoms with van der Waals surface area (Å²) >= 11 is 0. The smallest absolute Gasteiger partial charge is 0.272 e. The van der Waals surface area contributed by atoms with Gasteiger partial charge < -0.3 is 5.11 Å². The van der Waals surface area contributed by atoms with Gasteiger partial charge in [0.2, 0.25) is 0 Å². The lowest BCUT2D eigenvalue weighted by molar-refractivity contribution is -0.385. The van der Waals surface area contributed by atoms with Crippen LogP contribution in [-0.2, 0) is 0 Å². The van der Waals surface area contributed by atoms with E-state index in [4.69, 9.17) is 0 Å². The molecule has 0 aliphatic heterocycles. The third kappa shape index (κ3) is 2.44. The van der Waals surface area contributed by atoms with Gasteiger partial charge in [0, 0.05) is 11.6 Å². The fourth-order valence-corrected chi connectivity index (χ4v) is 2.66. The third-order valence-electron chi connectivity index (χ3n) is 3.86. The lowest BCUT2D eigenvalue weighted by Crippen LogP contribution is -2.02. The summed E-state index contributed by atoms with van der Waals surface area (Å²) in [5, 5.41) is 23.7. The highest BCUT2D eigenvalue weighted by Crippen LogP contribution is 2.31. The van der Waals surface area contributed by atoms with Crippen LogP contribution in [0.1, 0.15) is 22.8 Å². The number of nitrogens with zero attached hydrogens (tertiary/aromatic N) is 1. The highest BCUT2D eigenvalue weighted by atomic mass is 16.6. The predicted octanol–water partition coefficient (Wildman–Crippen LogP) is 4.14. The predicted molar refractivity (Wildman–Crippen MR) is 85.8 cm³/mol. The molecular weight excluding hydrogens is 278 g/mol. The Hall–Kier alpha value is -2.72. The van der Waals surface area contributed by atoms with E-state index in [1.54, 1.807) is 19.1 Å². The molecule has 0 aliphatic rings. The van der Waals surface area contributed by atoms with Crippen LogP contribution in [0.3, 0.4) is 0 Å². The Morgan fingerprint density at radius 2 is 1.77 bits per heavy atom. The third-order valence-corrected chi connectivity index (χ3v) is 3.86. The molecule has 0 amide bonds. The van der Waals surface area contributed by atoms with E-state index in [-0.39, 0.29) is 5.69 Å². The van der Waals surface area contributed by atoms with Crippen LogP contribution in [0.25, 0.3) is 10.8 Å². The maximum atomic E-state index is 11.1. The number of nitro groups is 1. The van der Waals surface area contributed by atoms with Crippen LogP contribution in [-0.4, -0.2) is 10.0 Å². The minimum Gasteiger partial charge on any atom is -0.384 e. The van der Waals surface area contributed by atoms with Crippen molar-refractivity contribution in [1.82, 2.24) is 0 Å². The maximum Gasteiger partial charge on any atom is 0.272 e. The van der Waals surface area contributed by atoms with Crippen LogP contribution in [0.2, 0.25) is 0 Å². The van der Waals surface area contributed by atoms with Crippen LogP contribution >= 0.6 is 0 Å². The van der Waals surface area contributed by atoms with Gasteiger partial charge in [-0.2, -0.15) is 0 Å². The van der Waals surface area contributed by atoms with Crippen molar-refractivity contribution in [3.8, 4) is 0 Å². The second-order valence-electron chi connectivity index (χ2n) is 5.27. The zero-order valence-corrected chi connectivity index (χ0v) is 12.1. The number of aryl methyl sites for hydroxylation is 1. The van der Waals surface area contributed by atoms with Crippen LogP contribution in [0, 0.1) is 17.0 Å². The number of benzene rings is 3. The molecule has 0 spiro atoms. The lowest BCUT2D eigenvalue weighted by Gasteiger charge is -2.14. The Morgan fingerprint density at radius 1 is 1.05 bits per heavy atom. The summed E-state index contributed by atoms with van der Waals surface area (Å²) in [6, 6.07) is 18.3. The van der Waals surface area contributed by atoms with Crippen molar-refractivity contribution in [2.75, 3.05) is 0 Å². The molecule has 4 nitrogen and oxygen atoms in total. The molecular formula is C18H15NO3. The summed E-state index contributed by atoms with van der Waals surface area (Å²) in [5.74, 6) is 0. The Kier molecular flexibility index (Phi) is 3.61. The first-order valence-electron chi connectivity index (χ1n) is 6.98. The first-order valence-corrected chi connectivity index (χ1v) is 6.98. The maximum absolute atomic E-state index is 11.1. The molecule has 3 aromatic rings. The summed E-state index contributed by atoms with van der Waals surface area (Å²) in [4.78, 5) is 10.6. The molecule has 110 valence electrons. The van der Waals surface area contributed by atoms with Gasteiger partial charge in [-0.25, -0.2) is 0 Å². The fraction of sp³-hybridized carbons (Fsp3) is 0.111. The average molecular weight is 293 g/mol. The fourth-order valence-electron chi connectivity index (χ4n) is 2.66. The van der Waals surface area contributed by atoms with E-state index in [0.29, 0.717) is 11.1 Å². The average Bonchev–Trinajstić information content (AvgIpc) is 2.54. The van der Waals surface area contributed by atoms with Gasteiger partial charge in [0.25, 0.3) is 5.69 Å². The van der Waals surface area contributed by atoms with Crippen LogP contribution in [0.5, 0.6) is 0 Å². The van der Waals surface area contributed by atoms with Crippen molar-refractivity contribution in [2.24, 2.45) is 0 Å². The number of rotatable bonds is 3. The van der Waals surface area contributed by atoms with Crippen molar-refractivity contribution >= 4 is 16.5 Å². The summed E-state index contributed by atoms with van der Waals surface area (Å²) < 4.78 is 0. The van der Waals surface area contributed by atoms with Crippen molar-refractivity contribution in [3.05, 3.63) is 87.5 Å². The van der Waals surface area contributed by atoms with E-state index in [0.717, 1.165) is 16.3 Å². The van der Waals surface area contributed by atoms with Gasteiger partial charge in [-0.05, 0) is 28.8 Å². The molecule has 22 heavy (non-hydrogen) atoms. The van der Waals surface area contributed by atoms with Crippen molar-refractivity contribution in [3.63, 3.8) is 0 Å². The minimum atomic E-state index is -0.898. The largest absolute Gasteiger partial charge is 0.384 e. The normalized spacial score (nSPS) is 12.3. The highest BCUT2D eigenvalue weighted by molar-refractivity contribution is 5.86. The zero-order valence-electron chi connectivity index (χ0n) is 12.1. The van der Waals surface area contributed by atoms with Gasteiger partial charge in [-0.1, -0.05) is 54.6 Å². The second kappa shape index (κ2) is 5.58. The molecule has 0 saturated heterocycles. The molecule has 3 rings (SSSR count). The van der Waals surface area contributed by atoms with Crippen LogP contribution in [0.15, 0.2) is 60.7 Å². The van der Waals surface area contributed by atoms with Gasteiger partial charge in [0.15, 0.2) is 0 Å². The monoisotopic (exact) mass is 293 g/mol. The summed E-state index contributed by atoms with van der Waals surface area (Å²) in [6.07, 6.45) is -0.898. The SMILES string of the molecule is Cc1ccc(C(O)c2cccc3ccccc23)cc1[N+](=O)[O-]. The molecule has 0 aromatic heterocycles. The number of hydrogen-bond acceptors (Lipinski definition) is 3. The van der Waals surface area contributed by atoms with Gasteiger partial charge in [-0.15, -0.1) is 0 Å². The molecule has 4 heteroatoms. The Bertz CT molecular complexity index is 853. The van der Waals surface area contributed by atoms with Crippen molar-refractivity contribution in [1.29, 1.82) is 0 Å². The molecule has 0 aliphatic carbocycles. The number of fused-ring (bicyclic) bond motifs is 1. The van der Waals surface area contributed by atoms with Gasteiger partial charge in [0.05, 0.1) is 4.92 Å². The first kappa shape index (κ1) is 14.2. The molecule has 3 aromatic carbocycles. The minimum absolute atomic E-state index is 0.0248. The van der Waals surface area contributed by atoms with E-state index < -0.39 is 11.0 Å². The van der Waals surface area contributed by atoms with E-state index in [1.165, 1.54) is 6.07 Å². The van der Waals surface area contributed by atoms with Crippen molar-refractivity contribution in [2.45, 2.75) is 13.0 Å². The molecule has 1 N–H and O–H groups in total. The van der Waals surface area contributed by atoms with Gasteiger partial charge >= 0.3 is 0 Å². The molecule has 1 unspecified atom stereocenters. The standard InChI is InChI=1S/C18H15NO3/c1-12-9-10-14(11-17(12)19(21)22)18(20)16-8-4-6-13-5-2-3-7-15(13)16/h2-11,18,20H,1H3. The first-order chi connectivity index (χ1) is 10.6. The lowest BCUT2D eigenvalue weighted by atomic mass is 9.95. The van der Waals surface area contributed by atoms with E-state index in [1.807, 2.05) is 42.5 Å². The Balaban J connectivity index is 2.12. The van der Waals surface area contributed by atoms with Crippen molar-refractivity contribution < 1.29 is 10.0 Å². The van der Waals surface area contributed by atoms with E-state index in [2.05, 4.69) is 0 Å². The Labute approximate surface area is 127 Å². The van der Waals surface area contributed by atoms with E-state index >= 15 is 0 Å². The number of aliphatic hydroxyl groups excluding tert-OH is 1. The van der Waals surface area contributed by atoms with Crippen LogP contribution in [0.4, 0.5) is 5.69 Å². The van der Waals surface area contributed by atoms with Gasteiger partial charge in [-0.3, -0.25) is 10.1 Å². The number of hydrogen-bond donors (Lipinski definition) is 1. The number of nitro benzene ring substituents is 1. The molecule has 0 heterocycles. The molecule has 0 saturated carbocycles. The van der Waals surface area contributed by atoms with Gasteiger partial charge in [0.1, 0.15) is 6.10 Å². The quantitative estimate of drug-likeness (QED) is 0.583. The second-order valence-corrected chi connectivity index (χ2v) is 5.27. The molecule has 0 radical (unpaired) electrons. The molecule has 0 bridgehead atoms. The molecule has 1 atom stereocenters. The Morgan fingerprint density at radius 3 is 2.55 bits per heavy atom. The van der Waals surface area contributed by atoms with E-state index in [9.17, 15) is 15.2 Å². The summed E-state index contributed by atoms with van der Waals surface area (Å²) in [7, 11) is 0. The number of aliphatic hydroxyl groups is 1.